The van der Waals surface area contributed by atoms with Gasteiger partial charge in [-0.1, -0.05) is 6.07 Å². The smallest absolute Gasteiger partial charge is 0.313 e. The van der Waals surface area contributed by atoms with Crippen LogP contribution in [0.3, 0.4) is 0 Å². The molecule has 0 bridgehead atoms. The topological polar surface area (TPSA) is 58.2 Å². The molecule has 0 saturated carbocycles. The van der Waals surface area contributed by atoms with Crippen molar-refractivity contribution in [1.82, 2.24) is 10.0 Å². The van der Waals surface area contributed by atoms with E-state index in [0.29, 0.717) is 6.07 Å². The maximum Gasteiger partial charge on any atom is 0.416 e. The largest absolute Gasteiger partial charge is 0.416 e. The normalized spacial score (nSPS) is 19.3. The highest BCUT2D eigenvalue weighted by Crippen LogP contribution is 2.30. The molecule has 1 heterocycles. The van der Waals surface area contributed by atoms with Gasteiger partial charge in [-0.3, -0.25) is 0 Å². The Labute approximate surface area is 127 Å². The molecule has 1 unspecified atom stereocenters. The van der Waals surface area contributed by atoms with Crippen molar-refractivity contribution < 1.29 is 21.6 Å². The van der Waals surface area contributed by atoms with Crippen molar-refractivity contribution in [3.8, 4) is 0 Å². The van der Waals surface area contributed by atoms with Crippen LogP contribution in [0.1, 0.15) is 18.4 Å². The molecule has 1 fully saturated rings. The summed E-state index contributed by atoms with van der Waals surface area (Å²) < 4.78 is 63.9. The fourth-order valence-electron chi connectivity index (χ4n) is 2.06. The Hall–Kier alpha value is -0.830. The molecule has 0 aromatic heterocycles. The molecule has 0 aliphatic carbocycles. The van der Waals surface area contributed by atoms with Gasteiger partial charge in [0, 0.05) is 12.6 Å². The van der Waals surface area contributed by atoms with Crippen LogP contribution in [-0.4, -0.2) is 27.5 Å². The zero-order valence-corrected chi connectivity index (χ0v) is 12.6. The first-order chi connectivity index (χ1) is 9.29. The minimum atomic E-state index is -4.56. The van der Waals surface area contributed by atoms with Crippen LogP contribution in [0.15, 0.2) is 29.2 Å². The second kappa shape index (κ2) is 6.95. The van der Waals surface area contributed by atoms with Crippen LogP contribution in [-0.2, 0) is 16.2 Å². The van der Waals surface area contributed by atoms with Crippen LogP contribution < -0.4 is 10.0 Å². The summed E-state index contributed by atoms with van der Waals surface area (Å²) in [7, 11) is -3.92. The molecule has 120 valence electrons. The zero-order chi connectivity index (χ0) is 14.8. The number of hydrogen-bond acceptors (Lipinski definition) is 3. The van der Waals surface area contributed by atoms with Crippen molar-refractivity contribution >= 4 is 22.4 Å². The first kappa shape index (κ1) is 18.2. The minimum Gasteiger partial charge on any atom is -0.313 e. The second-order valence-electron chi connectivity index (χ2n) is 4.67. The van der Waals surface area contributed by atoms with Crippen LogP contribution in [0.5, 0.6) is 0 Å². The predicted octanol–water partition coefficient (Wildman–Crippen LogP) is 2.16. The van der Waals surface area contributed by atoms with Crippen molar-refractivity contribution in [3.63, 3.8) is 0 Å². The average Bonchev–Trinajstić information content (AvgIpc) is 2.89. The summed E-state index contributed by atoms with van der Waals surface area (Å²) in [5.74, 6) is 0. The highest BCUT2D eigenvalue weighted by molar-refractivity contribution is 7.89. The van der Waals surface area contributed by atoms with Crippen molar-refractivity contribution in [2.75, 3.05) is 13.1 Å². The first-order valence-corrected chi connectivity index (χ1v) is 7.68. The lowest BCUT2D eigenvalue weighted by Gasteiger charge is -2.13. The van der Waals surface area contributed by atoms with Crippen LogP contribution >= 0.6 is 12.4 Å². The van der Waals surface area contributed by atoms with E-state index in [-0.39, 0.29) is 29.9 Å². The monoisotopic (exact) mass is 344 g/mol. The lowest BCUT2D eigenvalue weighted by Crippen LogP contribution is -2.37. The van der Waals surface area contributed by atoms with Gasteiger partial charge in [-0.2, -0.15) is 13.2 Å². The van der Waals surface area contributed by atoms with Gasteiger partial charge in [0.2, 0.25) is 10.0 Å². The van der Waals surface area contributed by atoms with Gasteiger partial charge in [-0.15, -0.1) is 12.4 Å². The number of sulfonamides is 1. The van der Waals surface area contributed by atoms with Gasteiger partial charge in [0.1, 0.15) is 0 Å². The lowest BCUT2D eigenvalue weighted by atomic mass is 10.2. The molecular formula is C12H16ClF3N2O2S. The summed E-state index contributed by atoms with van der Waals surface area (Å²) in [6.45, 7) is 1.01. The number of nitrogens with one attached hydrogen (secondary N) is 2. The highest BCUT2D eigenvalue weighted by atomic mass is 35.5. The van der Waals surface area contributed by atoms with Crippen LogP contribution in [0.4, 0.5) is 13.2 Å². The van der Waals surface area contributed by atoms with Crippen molar-refractivity contribution in [3.05, 3.63) is 29.8 Å². The molecule has 0 radical (unpaired) electrons. The van der Waals surface area contributed by atoms with Gasteiger partial charge < -0.3 is 5.32 Å². The van der Waals surface area contributed by atoms with E-state index in [0.717, 1.165) is 37.6 Å². The van der Waals surface area contributed by atoms with E-state index in [2.05, 4.69) is 10.0 Å². The average molecular weight is 345 g/mol. The Balaban J connectivity index is 0.00000220. The summed E-state index contributed by atoms with van der Waals surface area (Å²) in [4.78, 5) is -0.370. The second-order valence-corrected chi connectivity index (χ2v) is 6.44. The number of hydrogen-bond donors (Lipinski definition) is 2. The van der Waals surface area contributed by atoms with E-state index in [1.54, 1.807) is 0 Å². The minimum absolute atomic E-state index is 0. The van der Waals surface area contributed by atoms with Crippen LogP contribution in [0, 0.1) is 0 Å². The highest BCUT2D eigenvalue weighted by Gasteiger charge is 2.31. The van der Waals surface area contributed by atoms with Crippen molar-refractivity contribution in [2.45, 2.75) is 30.0 Å². The molecule has 1 atom stereocenters. The van der Waals surface area contributed by atoms with Gasteiger partial charge in [0.15, 0.2) is 0 Å². The van der Waals surface area contributed by atoms with E-state index in [1.165, 1.54) is 0 Å². The molecular weight excluding hydrogens is 329 g/mol. The molecule has 1 aliphatic heterocycles. The van der Waals surface area contributed by atoms with E-state index < -0.39 is 21.8 Å². The third-order valence-electron chi connectivity index (χ3n) is 3.15. The summed E-state index contributed by atoms with van der Waals surface area (Å²) in [5.41, 5.74) is -0.973. The third kappa shape index (κ3) is 4.84. The summed E-state index contributed by atoms with van der Waals surface area (Å²) in [6.07, 6.45) is -2.74. The number of halogens is 4. The molecule has 1 aromatic carbocycles. The van der Waals surface area contributed by atoms with E-state index >= 15 is 0 Å². The van der Waals surface area contributed by atoms with Crippen molar-refractivity contribution in [1.29, 1.82) is 0 Å². The van der Waals surface area contributed by atoms with Gasteiger partial charge in [0.05, 0.1) is 10.5 Å². The molecule has 1 aromatic rings. The standard InChI is InChI=1S/C12H15F3N2O2S.ClH/c13-12(14,15)9-3-1-5-11(7-9)20(18,19)17-8-10-4-2-6-16-10;/h1,3,5,7,10,16-17H,2,4,6,8H2;1H. The van der Waals surface area contributed by atoms with Gasteiger partial charge in [-0.05, 0) is 37.6 Å². The molecule has 1 saturated heterocycles. The SMILES string of the molecule is Cl.O=S(=O)(NCC1CCCN1)c1cccc(C(F)(F)F)c1. The predicted molar refractivity (Wildman–Crippen MR) is 74.9 cm³/mol. The summed E-state index contributed by atoms with van der Waals surface area (Å²) in [6, 6.07) is 3.77. The Bertz CT molecular complexity index is 572. The van der Waals surface area contributed by atoms with Gasteiger partial charge in [0.25, 0.3) is 0 Å². The summed E-state index contributed by atoms with van der Waals surface area (Å²) in [5, 5.41) is 3.11. The fraction of sp³-hybridized carbons (Fsp3) is 0.500. The maximum absolute atomic E-state index is 12.6. The fourth-order valence-corrected chi connectivity index (χ4v) is 3.19. The first-order valence-electron chi connectivity index (χ1n) is 6.19. The Kier molecular flexibility index (Phi) is 6.03. The zero-order valence-electron chi connectivity index (χ0n) is 11.0. The quantitative estimate of drug-likeness (QED) is 0.880. The molecule has 4 nitrogen and oxygen atoms in total. The van der Waals surface area contributed by atoms with Crippen LogP contribution in [0.2, 0.25) is 0 Å². The maximum atomic E-state index is 12.6. The van der Waals surface area contributed by atoms with E-state index in [4.69, 9.17) is 0 Å². The number of alkyl halides is 3. The molecule has 2 rings (SSSR count). The Morgan fingerprint density at radius 1 is 1.33 bits per heavy atom. The summed E-state index contributed by atoms with van der Waals surface area (Å²) >= 11 is 0. The lowest BCUT2D eigenvalue weighted by molar-refractivity contribution is -0.137. The molecule has 0 spiro atoms. The van der Waals surface area contributed by atoms with Crippen molar-refractivity contribution in [2.24, 2.45) is 0 Å². The third-order valence-corrected chi connectivity index (χ3v) is 4.58. The molecule has 0 amide bonds. The Morgan fingerprint density at radius 2 is 2.05 bits per heavy atom. The number of rotatable bonds is 4. The van der Waals surface area contributed by atoms with Gasteiger partial charge >= 0.3 is 6.18 Å². The number of benzene rings is 1. The van der Waals surface area contributed by atoms with Gasteiger partial charge in [-0.25, -0.2) is 13.1 Å². The molecule has 1 aliphatic rings. The molecule has 2 N–H and O–H groups in total. The van der Waals surface area contributed by atoms with E-state index in [1.807, 2.05) is 0 Å². The van der Waals surface area contributed by atoms with Crippen LogP contribution in [0.25, 0.3) is 0 Å². The Morgan fingerprint density at radius 3 is 2.62 bits per heavy atom. The van der Waals surface area contributed by atoms with E-state index in [9.17, 15) is 21.6 Å². The molecule has 9 heteroatoms. The molecule has 21 heavy (non-hydrogen) atoms.